The zero-order valence-corrected chi connectivity index (χ0v) is 17.3. The van der Waals surface area contributed by atoms with E-state index < -0.39 is 23.2 Å². The highest BCUT2D eigenvalue weighted by atomic mass is 32.2. The van der Waals surface area contributed by atoms with Crippen molar-refractivity contribution in [3.8, 4) is 11.3 Å². The summed E-state index contributed by atoms with van der Waals surface area (Å²) in [5, 5.41) is 12.8. The number of hydrogen-bond acceptors (Lipinski definition) is 6. The first-order chi connectivity index (χ1) is 15.1. The second-order valence-electron chi connectivity index (χ2n) is 6.45. The summed E-state index contributed by atoms with van der Waals surface area (Å²) in [6.07, 6.45) is -4.52. The Kier molecular flexibility index (Phi) is 6.93. The predicted octanol–water partition coefficient (Wildman–Crippen LogP) is 3.54. The lowest BCUT2D eigenvalue weighted by Crippen LogP contribution is -2.18. The molecule has 3 N–H and O–H groups in total. The van der Waals surface area contributed by atoms with Crippen molar-refractivity contribution >= 4 is 35.0 Å². The van der Waals surface area contributed by atoms with E-state index in [4.69, 9.17) is 0 Å². The molecule has 0 saturated heterocycles. The number of para-hydroxylation sites is 1. The van der Waals surface area contributed by atoms with Gasteiger partial charge in [-0.3, -0.25) is 19.4 Å². The van der Waals surface area contributed by atoms with Crippen LogP contribution in [0.25, 0.3) is 11.3 Å². The number of thioether (sulfide) groups is 1. The summed E-state index contributed by atoms with van der Waals surface area (Å²) in [5.41, 5.74) is -0.732. The van der Waals surface area contributed by atoms with Crippen LogP contribution in [-0.2, 0) is 15.8 Å². The van der Waals surface area contributed by atoms with Crippen molar-refractivity contribution in [3.63, 3.8) is 0 Å². The van der Waals surface area contributed by atoms with Crippen molar-refractivity contribution in [3.05, 3.63) is 64.4 Å². The Morgan fingerprint density at radius 2 is 1.81 bits per heavy atom. The molecule has 3 aromatic rings. The standard InChI is InChI=1S/C20H16F3N5O3S/c1-11(29)24-15-8-3-2-7-14(15)17-18(31)26-19(28-27-17)32-10-16(30)25-13-6-4-5-12(9-13)20(21,22)23/h2-9H,10H2,1H3,(H,24,29)(H,25,30)(H,26,28,31). The molecule has 2 aromatic carbocycles. The van der Waals surface area contributed by atoms with Gasteiger partial charge in [-0.25, -0.2) is 0 Å². The van der Waals surface area contributed by atoms with Crippen LogP contribution in [0.4, 0.5) is 24.5 Å². The molecule has 0 aliphatic heterocycles. The maximum atomic E-state index is 12.8. The van der Waals surface area contributed by atoms with Crippen molar-refractivity contribution in [2.45, 2.75) is 18.3 Å². The van der Waals surface area contributed by atoms with Gasteiger partial charge in [0.15, 0.2) is 10.9 Å². The average Bonchev–Trinajstić information content (AvgIpc) is 2.72. The number of aromatic nitrogens is 3. The minimum absolute atomic E-state index is 0.00470. The van der Waals surface area contributed by atoms with Gasteiger partial charge in [0, 0.05) is 18.2 Å². The minimum atomic E-state index is -4.52. The zero-order valence-electron chi connectivity index (χ0n) is 16.5. The molecule has 0 aliphatic carbocycles. The van der Waals surface area contributed by atoms with E-state index in [0.29, 0.717) is 11.3 Å². The Balaban J connectivity index is 1.68. The van der Waals surface area contributed by atoms with Crippen molar-refractivity contribution in [2.75, 3.05) is 16.4 Å². The van der Waals surface area contributed by atoms with E-state index in [-0.39, 0.29) is 28.2 Å². The van der Waals surface area contributed by atoms with Crippen molar-refractivity contribution < 1.29 is 22.8 Å². The van der Waals surface area contributed by atoms with Gasteiger partial charge in [0.2, 0.25) is 11.8 Å². The molecule has 1 heterocycles. The number of nitrogens with zero attached hydrogens (tertiary/aromatic N) is 2. The number of carbonyl (C=O) groups excluding carboxylic acids is 2. The third-order valence-corrected chi connectivity index (χ3v) is 4.85. The average molecular weight is 463 g/mol. The van der Waals surface area contributed by atoms with Gasteiger partial charge < -0.3 is 10.6 Å². The van der Waals surface area contributed by atoms with E-state index in [1.807, 2.05) is 0 Å². The van der Waals surface area contributed by atoms with Gasteiger partial charge >= 0.3 is 6.18 Å². The van der Waals surface area contributed by atoms with Crippen LogP contribution in [0.15, 0.2) is 58.5 Å². The summed E-state index contributed by atoms with van der Waals surface area (Å²) in [7, 11) is 0. The number of rotatable bonds is 6. The first-order valence-electron chi connectivity index (χ1n) is 9.07. The molecule has 3 rings (SSSR count). The zero-order chi connectivity index (χ0) is 23.3. The molecule has 0 fully saturated rings. The lowest BCUT2D eigenvalue weighted by Gasteiger charge is -2.10. The van der Waals surface area contributed by atoms with Gasteiger partial charge in [0.1, 0.15) is 0 Å². The van der Waals surface area contributed by atoms with E-state index in [0.717, 1.165) is 23.9 Å². The summed E-state index contributed by atoms with van der Waals surface area (Å²) in [4.78, 5) is 38.4. The number of hydrogen-bond donors (Lipinski definition) is 3. The molecule has 12 heteroatoms. The van der Waals surface area contributed by atoms with Crippen molar-refractivity contribution in [2.24, 2.45) is 0 Å². The number of amides is 2. The predicted molar refractivity (Wildman–Crippen MR) is 113 cm³/mol. The maximum Gasteiger partial charge on any atom is 0.416 e. The molecule has 0 bridgehead atoms. The number of nitrogens with one attached hydrogen (secondary N) is 3. The third kappa shape index (κ3) is 5.94. The summed E-state index contributed by atoms with van der Waals surface area (Å²) < 4.78 is 38.3. The molecular formula is C20H16F3N5O3S. The summed E-state index contributed by atoms with van der Waals surface area (Å²) in [6, 6.07) is 10.8. The largest absolute Gasteiger partial charge is 0.416 e. The molecular weight excluding hydrogens is 447 g/mol. The Bertz CT molecular complexity index is 1210. The Morgan fingerprint density at radius 3 is 2.50 bits per heavy atom. The van der Waals surface area contributed by atoms with Crippen molar-refractivity contribution in [1.29, 1.82) is 0 Å². The van der Waals surface area contributed by atoms with Crippen LogP contribution in [-0.4, -0.2) is 32.7 Å². The van der Waals surface area contributed by atoms with Crippen molar-refractivity contribution in [1.82, 2.24) is 15.2 Å². The number of aromatic amines is 1. The van der Waals surface area contributed by atoms with Crippen LogP contribution in [0.1, 0.15) is 12.5 Å². The second kappa shape index (κ2) is 9.64. The van der Waals surface area contributed by atoms with Crippen LogP contribution in [0.3, 0.4) is 0 Å². The van der Waals surface area contributed by atoms with Crippen LogP contribution in [0.2, 0.25) is 0 Å². The van der Waals surface area contributed by atoms with Gasteiger partial charge in [0.05, 0.1) is 17.0 Å². The van der Waals surface area contributed by atoms with Gasteiger partial charge in [-0.1, -0.05) is 36.0 Å². The quantitative estimate of drug-likeness (QED) is 0.482. The lowest BCUT2D eigenvalue weighted by molar-refractivity contribution is -0.137. The highest BCUT2D eigenvalue weighted by Crippen LogP contribution is 2.30. The van der Waals surface area contributed by atoms with Crippen LogP contribution < -0.4 is 16.2 Å². The van der Waals surface area contributed by atoms with Crippen LogP contribution >= 0.6 is 11.8 Å². The molecule has 0 atom stereocenters. The van der Waals surface area contributed by atoms with Crippen LogP contribution in [0, 0.1) is 0 Å². The molecule has 0 radical (unpaired) electrons. The molecule has 8 nitrogen and oxygen atoms in total. The van der Waals surface area contributed by atoms with E-state index >= 15 is 0 Å². The number of benzene rings is 2. The number of H-pyrrole nitrogens is 1. The fourth-order valence-electron chi connectivity index (χ4n) is 2.66. The summed E-state index contributed by atoms with van der Waals surface area (Å²) >= 11 is 0.857. The SMILES string of the molecule is CC(=O)Nc1ccccc1-c1nnc(SCC(=O)Nc2cccc(C(F)(F)F)c2)[nH]c1=O. The first kappa shape index (κ1) is 23.0. The Morgan fingerprint density at radius 1 is 1.06 bits per heavy atom. The number of anilines is 2. The maximum absolute atomic E-state index is 12.8. The molecule has 0 unspecified atom stereocenters. The normalized spacial score (nSPS) is 11.1. The fraction of sp³-hybridized carbons (Fsp3) is 0.150. The van der Waals surface area contributed by atoms with Crippen LogP contribution in [0.5, 0.6) is 0 Å². The molecule has 0 spiro atoms. The highest BCUT2D eigenvalue weighted by molar-refractivity contribution is 7.99. The molecule has 0 aliphatic rings. The number of halogens is 3. The van der Waals surface area contributed by atoms with E-state index in [1.54, 1.807) is 24.3 Å². The molecule has 0 saturated carbocycles. The molecule has 1 aromatic heterocycles. The number of alkyl halides is 3. The highest BCUT2D eigenvalue weighted by Gasteiger charge is 2.30. The first-order valence-corrected chi connectivity index (χ1v) is 10.1. The second-order valence-corrected chi connectivity index (χ2v) is 7.41. The van der Waals surface area contributed by atoms with E-state index in [1.165, 1.54) is 19.1 Å². The summed E-state index contributed by atoms with van der Waals surface area (Å²) in [5.74, 6) is -1.12. The monoisotopic (exact) mass is 463 g/mol. The number of carbonyl (C=O) groups is 2. The van der Waals surface area contributed by atoms with Gasteiger partial charge in [-0.05, 0) is 24.3 Å². The molecule has 2 amide bonds. The van der Waals surface area contributed by atoms with E-state index in [2.05, 4.69) is 25.8 Å². The van der Waals surface area contributed by atoms with Gasteiger partial charge in [-0.15, -0.1) is 10.2 Å². The molecule has 166 valence electrons. The molecule has 32 heavy (non-hydrogen) atoms. The Hall–Kier alpha value is -3.67. The van der Waals surface area contributed by atoms with Gasteiger partial charge in [0.25, 0.3) is 5.56 Å². The third-order valence-electron chi connectivity index (χ3n) is 3.98. The van der Waals surface area contributed by atoms with E-state index in [9.17, 15) is 27.6 Å². The summed E-state index contributed by atoms with van der Waals surface area (Å²) in [6.45, 7) is 1.33. The fourth-order valence-corrected chi connectivity index (χ4v) is 3.26. The Labute approximate surface area is 183 Å². The van der Waals surface area contributed by atoms with Gasteiger partial charge in [-0.2, -0.15) is 13.2 Å². The topological polar surface area (TPSA) is 117 Å². The lowest BCUT2D eigenvalue weighted by atomic mass is 10.1. The minimum Gasteiger partial charge on any atom is -0.326 e. The smallest absolute Gasteiger partial charge is 0.326 e.